The van der Waals surface area contributed by atoms with Gasteiger partial charge in [0.2, 0.25) is 0 Å². The Morgan fingerprint density at radius 1 is 1.24 bits per heavy atom. The molecule has 134 valence electrons. The maximum atomic E-state index is 12.5. The van der Waals surface area contributed by atoms with Crippen molar-refractivity contribution in [3.05, 3.63) is 41.7 Å². The Morgan fingerprint density at radius 2 is 1.92 bits per heavy atom. The highest BCUT2D eigenvalue weighted by Crippen LogP contribution is 2.27. The number of rotatable bonds is 5. The largest absolute Gasteiger partial charge is 0.489 e. The zero-order valence-corrected chi connectivity index (χ0v) is 15.0. The Kier molecular flexibility index (Phi) is 5.15. The van der Waals surface area contributed by atoms with Crippen molar-refractivity contribution < 1.29 is 19.4 Å². The number of carboxylic acids is 1. The first-order valence-electron chi connectivity index (χ1n) is 7.98. The summed E-state index contributed by atoms with van der Waals surface area (Å²) in [5.41, 5.74) is 0.512. The number of anilines is 1. The summed E-state index contributed by atoms with van der Waals surface area (Å²) in [4.78, 5) is 23.7. The quantitative estimate of drug-likeness (QED) is 0.866. The average molecular weight is 345 g/mol. The van der Waals surface area contributed by atoms with E-state index in [1.165, 1.54) is 24.4 Å². The second kappa shape index (κ2) is 6.96. The van der Waals surface area contributed by atoms with Gasteiger partial charge in [-0.2, -0.15) is 5.10 Å². The topological polar surface area (TPSA) is 93.4 Å². The molecule has 25 heavy (non-hydrogen) atoms. The summed E-state index contributed by atoms with van der Waals surface area (Å²) in [6.45, 7) is 9.64. The van der Waals surface area contributed by atoms with Crippen molar-refractivity contribution in [3.8, 4) is 5.75 Å². The van der Waals surface area contributed by atoms with Crippen molar-refractivity contribution in [1.29, 1.82) is 0 Å². The number of carbonyl (C=O) groups is 2. The molecule has 0 aliphatic heterocycles. The summed E-state index contributed by atoms with van der Waals surface area (Å²) < 4.78 is 7.34. The molecule has 2 aromatic rings. The maximum Gasteiger partial charge on any atom is 0.335 e. The molecule has 0 spiro atoms. The molecule has 0 radical (unpaired) electrons. The lowest BCUT2D eigenvalue weighted by Gasteiger charge is -2.18. The standard InChI is InChI=1S/C18H23N3O4/c1-11(2)25-15-7-6-12(17(23)24)8-14(15)20-16(22)13-9-19-21(10-13)18(3,4)5/h6-11H,1-5H3,(H,20,22)(H,23,24). The average Bonchev–Trinajstić information content (AvgIpc) is 2.98. The third-order valence-electron chi connectivity index (χ3n) is 3.37. The lowest BCUT2D eigenvalue weighted by molar-refractivity contribution is 0.0696. The molecule has 7 nitrogen and oxygen atoms in total. The van der Waals surface area contributed by atoms with Gasteiger partial charge in [0.05, 0.1) is 34.7 Å². The van der Waals surface area contributed by atoms with Gasteiger partial charge >= 0.3 is 5.97 Å². The SMILES string of the molecule is CC(C)Oc1ccc(C(=O)O)cc1NC(=O)c1cnn(C(C)(C)C)c1. The van der Waals surface area contributed by atoms with Crippen LogP contribution >= 0.6 is 0 Å². The molecule has 0 bridgehead atoms. The van der Waals surface area contributed by atoms with E-state index in [2.05, 4.69) is 10.4 Å². The van der Waals surface area contributed by atoms with Crippen LogP contribution in [0.1, 0.15) is 55.3 Å². The summed E-state index contributed by atoms with van der Waals surface area (Å²) in [5.74, 6) is -1.05. The highest BCUT2D eigenvalue weighted by molar-refractivity contribution is 6.05. The first-order valence-corrected chi connectivity index (χ1v) is 7.98. The number of aromatic nitrogens is 2. The van der Waals surface area contributed by atoms with E-state index in [4.69, 9.17) is 9.84 Å². The minimum Gasteiger partial charge on any atom is -0.489 e. The van der Waals surface area contributed by atoms with Gasteiger partial charge in [-0.3, -0.25) is 9.48 Å². The van der Waals surface area contributed by atoms with E-state index in [0.717, 1.165) is 0 Å². The molecule has 2 N–H and O–H groups in total. The Morgan fingerprint density at radius 3 is 2.44 bits per heavy atom. The highest BCUT2D eigenvalue weighted by Gasteiger charge is 2.18. The summed E-state index contributed by atoms with van der Waals surface area (Å²) in [6, 6.07) is 4.36. The molecule has 7 heteroatoms. The molecule has 1 heterocycles. The maximum absolute atomic E-state index is 12.5. The highest BCUT2D eigenvalue weighted by atomic mass is 16.5. The zero-order valence-electron chi connectivity index (χ0n) is 15.0. The molecule has 1 aromatic carbocycles. The van der Waals surface area contributed by atoms with E-state index in [9.17, 15) is 9.59 Å². The molecule has 0 aliphatic carbocycles. The fraction of sp³-hybridized carbons (Fsp3) is 0.389. The number of benzene rings is 1. The van der Waals surface area contributed by atoms with E-state index in [1.54, 1.807) is 10.9 Å². The first kappa shape index (κ1) is 18.5. The van der Waals surface area contributed by atoms with E-state index in [0.29, 0.717) is 17.0 Å². The van der Waals surface area contributed by atoms with Gasteiger partial charge in [0.15, 0.2) is 0 Å². The monoisotopic (exact) mass is 345 g/mol. The van der Waals surface area contributed by atoms with Crippen molar-refractivity contribution >= 4 is 17.6 Å². The van der Waals surface area contributed by atoms with Crippen molar-refractivity contribution in [2.24, 2.45) is 0 Å². The van der Waals surface area contributed by atoms with Crippen LogP contribution in [0.4, 0.5) is 5.69 Å². The number of nitrogens with one attached hydrogen (secondary N) is 1. The number of carbonyl (C=O) groups excluding carboxylic acids is 1. The van der Waals surface area contributed by atoms with Crippen LogP contribution in [0.3, 0.4) is 0 Å². The summed E-state index contributed by atoms with van der Waals surface area (Å²) >= 11 is 0. The van der Waals surface area contributed by atoms with Crippen LogP contribution < -0.4 is 10.1 Å². The molecular weight excluding hydrogens is 322 g/mol. The Labute approximate surface area is 146 Å². The van der Waals surface area contributed by atoms with Crippen molar-refractivity contribution in [3.63, 3.8) is 0 Å². The molecule has 0 unspecified atom stereocenters. The van der Waals surface area contributed by atoms with Gasteiger partial charge in [-0.15, -0.1) is 0 Å². The minimum absolute atomic E-state index is 0.0665. The van der Waals surface area contributed by atoms with Crippen molar-refractivity contribution in [2.75, 3.05) is 5.32 Å². The van der Waals surface area contributed by atoms with Gasteiger partial charge < -0.3 is 15.2 Å². The summed E-state index contributed by atoms with van der Waals surface area (Å²) in [6.07, 6.45) is 3.01. The van der Waals surface area contributed by atoms with E-state index in [-0.39, 0.29) is 23.1 Å². The van der Waals surface area contributed by atoms with Crippen LogP contribution in [0.5, 0.6) is 5.75 Å². The molecule has 0 fully saturated rings. The minimum atomic E-state index is -1.08. The molecule has 0 atom stereocenters. The smallest absolute Gasteiger partial charge is 0.335 e. The van der Waals surface area contributed by atoms with Crippen LogP contribution in [0.2, 0.25) is 0 Å². The predicted molar refractivity (Wildman–Crippen MR) is 94.3 cm³/mol. The Hall–Kier alpha value is -2.83. The zero-order chi connectivity index (χ0) is 18.8. The van der Waals surface area contributed by atoms with Crippen LogP contribution in [0, 0.1) is 0 Å². The number of amides is 1. The van der Waals surface area contributed by atoms with Gasteiger partial charge in [-0.25, -0.2) is 4.79 Å². The predicted octanol–water partition coefficient (Wildman–Crippen LogP) is 3.38. The Bertz CT molecular complexity index is 788. The molecule has 0 saturated carbocycles. The van der Waals surface area contributed by atoms with Gasteiger partial charge in [-0.05, 0) is 52.8 Å². The van der Waals surface area contributed by atoms with Crippen LogP contribution in [-0.2, 0) is 5.54 Å². The third kappa shape index (κ3) is 4.59. The molecule has 2 rings (SSSR count). The van der Waals surface area contributed by atoms with Gasteiger partial charge in [0.25, 0.3) is 5.91 Å². The number of carboxylic acid groups (broad SMARTS) is 1. The number of aromatic carboxylic acids is 1. The van der Waals surface area contributed by atoms with E-state index >= 15 is 0 Å². The van der Waals surface area contributed by atoms with Crippen molar-refractivity contribution in [1.82, 2.24) is 9.78 Å². The Balaban J connectivity index is 2.30. The first-order chi connectivity index (χ1) is 11.6. The second-order valence-electron chi connectivity index (χ2n) is 6.98. The van der Waals surface area contributed by atoms with Gasteiger partial charge in [-0.1, -0.05) is 0 Å². The summed E-state index contributed by atoms with van der Waals surface area (Å²) in [7, 11) is 0. The van der Waals surface area contributed by atoms with Crippen LogP contribution in [-0.4, -0.2) is 32.9 Å². The number of hydrogen-bond donors (Lipinski definition) is 2. The molecule has 0 saturated heterocycles. The molecule has 0 aliphatic rings. The number of hydrogen-bond acceptors (Lipinski definition) is 4. The van der Waals surface area contributed by atoms with Gasteiger partial charge in [0, 0.05) is 6.20 Å². The normalized spacial score (nSPS) is 11.4. The molecule has 1 amide bonds. The summed E-state index contributed by atoms with van der Waals surface area (Å²) in [5, 5.41) is 16.1. The lowest BCUT2D eigenvalue weighted by atomic mass is 10.1. The molecule has 1 aromatic heterocycles. The fourth-order valence-electron chi connectivity index (χ4n) is 2.12. The lowest BCUT2D eigenvalue weighted by Crippen LogP contribution is -2.22. The third-order valence-corrected chi connectivity index (χ3v) is 3.37. The molecular formula is C18H23N3O4. The van der Waals surface area contributed by atoms with E-state index in [1.807, 2.05) is 34.6 Å². The van der Waals surface area contributed by atoms with Crippen molar-refractivity contribution in [2.45, 2.75) is 46.3 Å². The van der Waals surface area contributed by atoms with Gasteiger partial charge in [0.1, 0.15) is 5.75 Å². The number of nitrogens with zero attached hydrogens (tertiary/aromatic N) is 2. The van der Waals surface area contributed by atoms with E-state index < -0.39 is 5.97 Å². The number of ether oxygens (including phenoxy) is 1. The fourth-order valence-corrected chi connectivity index (χ4v) is 2.12. The van der Waals surface area contributed by atoms with Crippen LogP contribution in [0.15, 0.2) is 30.6 Å². The second-order valence-corrected chi connectivity index (χ2v) is 6.98. The van der Waals surface area contributed by atoms with Crippen LogP contribution in [0.25, 0.3) is 0 Å².